The highest BCUT2D eigenvalue weighted by Gasteiger charge is 2.11. The van der Waals surface area contributed by atoms with Gasteiger partial charge < -0.3 is 14.7 Å². The lowest BCUT2D eigenvalue weighted by molar-refractivity contribution is 0.562. The molecule has 0 bridgehead atoms. The molecule has 2 aromatic heterocycles. The van der Waals surface area contributed by atoms with Crippen molar-refractivity contribution in [1.29, 1.82) is 0 Å². The number of furan rings is 1. The summed E-state index contributed by atoms with van der Waals surface area (Å²) in [6.07, 6.45) is 3.33. The van der Waals surface area contributed by atoms with E-state index in [1.807, 2.05) is 22.8 Å². The maximum absolute atomic E-state index is 6.07. The molecule has 17 heavy (non-hydrogen) atoms. The number of fused-ring (bicyclic) bond motifs is 1. The molecule has 0 saturated carbocycles. The summed E-state index contributed by atoms with van der Waals surface area (Å²) in [5, 5.41) is 0.611. The fourth-order valence-electron chi connectivity index (χ4n) is 1.86. The van der Waals surface area contributed by atoms with Crippen molar-refractivity contribution in [2.45, 2.75) is 6.54 Å². The molecule has 0 saturated heterocycles. The van der Waals surface area contributed by atoms with Gasteiger partial charge in [-0.1, -0.05) is 17.7 Å². The molecule has 0 radical (unpaired) electrons. The number of rotatable bonds is 2. The van der Waals surface area contributed by atoms with Crippen molar-refractivity contribution < 1.29 is 4.42 Å². The summed E-state index contributed by atoms with van der Waals surface area (Å²) in [4.78, 5) is 4.27. The number of hydrogen-bond acceptors (Lipinski definition) is 3. The van der Waals surface area contributed by atoms with Crippen LogP contribution in [-0.2, 0) is 6.54 Å². The van der Waals surface area contributed by atoms with Gasteiger partial charge in [0.05, 0.1) is 29.6 Å². The Morgan fingerprint density at radius 3 is 3.00 bits per heavy atom. The minimum Gasteiger partial charge on any atom is -0.472 e. The van der Waals surface area contributed by atoms with Gasteiger partial charge in [-0.15, -0.1) is 0 Å². The van der Waals surface area contributed by atoms with E-state index in [1.54, 1.807) is 18.6 Å². The van der Waals surface area contributed by atoms with Gasteiger partial charge in [0.15, 0.2) is 0 Å². The lowest BCUT2D eigenvalue weighted by atomic mass is 10.3. The summed E-state index contributed by atoms with van der Waals surface area (Å²) in [7, 11) is 0. The van der Waals surface area contributed by atoms with E-state index < -0.39 is 0 Å². The summed E-state index contributed by atoms with van der Waals surface area (Å²) < 4.78 is 6.95. The Labute approximate surface area is 103 Å². The molecule has 0 aliphatic rings. The van der Waals surface area contributed by atoms with E-state index in [2.05, 4.69) is 4.98 Å². The lowest BCUT2D eigenvalue weighted by Gasteiger charge is -2.03. The highest BCUT2D eigenvalue weighted by molar-refractivity contribution is 6.35. The molecule has 4 nitrogen and oxygen atoms in total. The first-order chi connectivity index (χ1) is 8.25. The average Bonchev–Trinajstić information content (AvgIpc) is 2.91. The van der Waals surface area contributed by atoms with E-state index in [0.717, 1.165) is 16.6 Å². The zero-order valence-corrected chi connectivity index (χ0v) is 9.69. The van der Waals surface area contributed by atoms with Crippen molar-refractivity contribution in [3.63, 3.8) is 0 Å². The minimum atomic E-state index is 0.453. The van der Waals surface area contributed by atoms with Crippen LogP contribution in [0.5, 0.6) is 0 Å². The van der Waals surface area contributed by atoms with Crippen LogP contribution in [0.15, 0.2) is 41.2 Å². The summed E-state index contributed by atoms with van der Waals surface area (Å²) in [6.45, 7) is 0.624. The Morgan fingerprint density at radius 2 is 2.24 bits per heavy atom. The van der Waals surface area contributed by atoms with Crippen molar-refractivity contribution in [3.05, 3.63) is 47.4 Å². The molecule has 86 valence electrons. The molecule has 3 aromatic rings. The van der Waals surface area contributed by atoms with Gasteiger partial charge in [0.1, 0.15) is 5.52 Å². The normalized spacial score (nSPS) is 11.1. The highest BCUT2D eigenvalue weighted by Crippen LogP contribution is 2.25. The first-order valence-corrected chi connectivity index (χ1v) is 5.55. The lowest BCUT2D eigenvalue weighted by Crippen LogP contribution is -2.03. The van der Waals surface area contributed by atoms with E-state index in [4.69, 9.17) is 21.8 Å². The number of halogens is 1. The molecule has 0 aliphatic heterocycles. The van der Waals surface area contributed by atoms with Crippen molar-refractivity contribution in [2.75, 3.05) is 5.73 Å². The zero-order valence-electron chi connectivity index (χ0n) is 8.93. The van der Waals surface area contributed by atoms with E-state index in [-0.39, 0.29) is 0 Å². The maximum atomic E-state index is 6.07. The molecular formula is C12H10ClN3O. The number of benzene rings is 1. The topological polar surface area (TPSA) is 57.0 Å². The highest BCUT2D eigenvalue weighted by atomic mass is 35.5. The van der Waals surface area contributed by atoms with Gasteiger partial charge in [0.25, 0.3) is 0 Å². The summed E-state index contributed by atoms with van der Waals surface area (Å²) in [6, 6.07) is 7.54. The van der Waals surface area contributed by atoms with Gasteiger partial charge in [-0.3, -0.25) is 0 Å². The van der Waals surface area contributed by atoms with Crippen LogP contribution in [-0.4, -0.2) is 9.55 Å². The number of para-hydroxylation sites is 1. The standard InChI is InChI=1S/C12H10ClN3O/c13-9-2-1-3-10-11(9)15-12(14)16(10)6-8-4-5-17-7-8/h1-5,7H,6H2,(H2,14,15). The van der Waals surface area contributed by atoms with Crippen LogP contribution in [0.2, 0.25) is 5.02 Å². The molecule has 0 spiro atoms. The molecule has 0 unspecified atom stereocenters. The number of imidazole rings is 1. The maximum Gasteiger partial charge on any atom is 0.201 e. The number of hydrogen-bond donors (Lipinski definition) is 1. The van der Waals surface area contributed by atoms with Gasteiger partial charge in [0.2, 0.25) is 5.95 Å². The van der Waals surface area contributed by atoms with Crippen LogP contribution >= 0.6 is 11.6 Å². The number of nitrogen functional groups attached to an aromatic ring is 1. The van der Waals surface area contributed by atoms with Crippen LogP contribution in [0.25, 0.3) is 11.0 Å². The number of nitrogens with two attached hydrogens (primary N) is 1. The predicted molar refractivity (Wildman–Crippen MR) is 67.0 cm³/mol. The molecule has 0 fully saturated rings. The van der Waals surface area contributed by atoms with E-state index in [1.165, 1.54) is 0 Å². The van der Waals surface area contributed by atoms with Gasteiger partial charge in [0, 0.05) is 5.56 Å². The Hall–Kier alpha value is -1.94. The fourth-order valence-corrected chi connectivity index (χ4v) is 2.07. The third-order valence-electron chi connectivity index (χ3n) is 2.68. The van der Waals surface area contributed by atoms with Crippen molar-refractivity contribution in [1.82, 2.24) is 9.55 Å². The first kappa shape index (κ1) is 10.2. The van der Waals surface area contributed by atoms with Gasteiger partial charge in [-0.25, -0.2) is 4.98 Å². The SMILES string of the molecule is Nc1nc2c(Cl)cccc2n1Cc1ccoc1. The van der Waals surface area contributed by atoms with E-state index in [9.17, 15) is 0 Å². The first-order valence-electron chi connectivity index (χ1n) is 5.17. The molecule has 1 aromatic carbocycles. The van der Waals surface area contributed by atoms with Gasteiger partial charge in [-0.05, 0) is 18.2 Å². The number of nitrogens with zero attached hydrogens (tertiary/aromatic N) is 2. The van der Waals surface area contributed by atoms with Gasteiger partial charge >= 0.3 is 0 Å². The molecule has 5 heteroatoms. The summed E-state index contributed by atoms with van der Waals surface area (Å²) in [5.41, 5.74) is 8.60. The number of aromatic nitrogens is 2. The Bertz CT molecular complexity index is 658. The molecule has 0 aliphatic carbocycles. The summed E-state index contributed by atoms with van der Waals surface area (Å²) in [5.74, 6) is 0.453. The molecule has 2 heterocycles. The zero-order chi connectivity index (χ0) is 11.8. The van der Waals surface area contributed by atoms with Crippen LogP contribution in [0.3, 0.4) is 0 Å². The largest absolute Gasteiger partial charge is 0.472 e. The second-order valence-corrected chi connectivity index (χ2v) is 4.20. The predicted octanol–water partition coefficient (Wildman–Crippen LogP) is 2.91. The van der Waals surface area contributed by atoms with Crippen LogP contribution < -0.4 is 5.73 Å². The third-order valence-corrected chi connectivity index (χ3v) is 2.98. The van der Waals surface area contributed by atoms with Crippen molar-refractivity contribution >= 4 is 28.6 Å². The quantitative estimate of drug-likeness (QED) is 0.758. The Kier molecular flexibility index (Phi) is 2.30. The average molecular weight is 248 g/mol. The van der Waals surface area contributed by atoms with Crippen LogP contribution in [0.1, 0.15) is 5.56 Å². The molecule has 3 rings (SSSR count). The van der Waals surface area contributed by atoms with Crippen LogP contribution in [0, 0.1) is 0 Å². The van der Waals surface area contributed by atoms with Crippen molar-refractivity contribution in [3.8, 4) is 0 Å². The second-order valence-electron chi connectivity index (χ2n) is 3.80. The van der Waals surface area contributed by atoms with Crippen molar-refractivity contribution in [2.24, 2.45) is 0 Å². The molecule has 0 atom stereocenters. The minimum absolute atomic E-state index is 0.453. The summed E-state index contributed by atoms with van der Waals surface area (Å²) >= 11 is 6.07. The molecule has 2 N–H and O–H groups in total. The van der Waals surface area contributed by atoms with Gasteiger partial charge in [-0.2, -0.15) is 0 Å². The third kappa shape index (κ3) is 1.66. The second kappa shape index (κ2) is 3.82. The Morgan fingerprint density at radius 1 is 1.35 bits per heavy atom. The number of anilines is 1. The molecular weight excluding hydrogens is 238 g/mol. The van der Waals surface area contributed by atoms with E-state index >= 15 is 0 Å². The smallest absolute Gasteiger partial charge is 0.201 e. The van der Waals surface area contributed by atoms with Crippen LogP contribution in [0.4, 0.5) is 5.95 Å². The monoisotopic (exact) mass is 247 g/mol. The Balaban J connectivity index is 2.16. The molecule has 0 amide bonds. The van der Waals surface area contributed by atoms with E-state index in [0.29, 0.717) is 17.5 Å². The fraction of sp³-hybridized carbons (Fsp3) is 0.0833.